The predicted octanol–water partition coefficient (Wildman–Crippen LogP) is 0.990. The molecule has 0 radical (unpaired) electrons. The first kappa shape index (κ1) is 28.6. The first-order valence-corrected chi connectivity index (χ1v) is 9.63. The van der Waals surface area contributed by atoms with Gasteiger partial charge in [-0.3, -0.25) is 6.08 Å². The molecule has 156 valence electrons. The van der Waals surface area contributed by atoms with Crippen LogP contribution >= 0.6 is 0 Å². The second-order valence-corrected chi connectivity index (χ2v) is 7.01. The van der Waals surface area contributed by atoms with Gasteiger partial charge in [0, 0.05) is 0 Å². The first-order chi connectivity index (χ1) is 13.2. The van der Waals surface area contributed by atoms with E-state index in [2.05, 4.69) is 98.9 Å². The van der Waals surface area contributed by atoms with Crippen molar-refractivity contribution in [1.29, 1.82) is 0 Å². The summed E-state index contributed by atoms with van der Waals surface area (Å²) in [5.74, 6) is 0. The van der Waals surface area contributed by atoms with Gasteiger partial charge in [-0.15, -0.1) is 54.0 Å². The second kappa shape index (κ2) is 15.4. The molecule has 0 amide bonds. The fourth-order valence-electron chi connectivity index (χ4n) is 3.35. The molecule has 3 aliphatic rings. The molecule has 0 heterocycles. The van der Waals surface area contributed by atoms with Crippen molar-refractivity contribution in [2.75, 3.05) is 0 Å². The molecule has 2 aromatic carbocycles. The summed E-state index contributed by atoms with van der Waals surface area (Å²) in [6, 6.07) is 8.99. The van der Waals surface area contributed by atoms with E-state index in [1.807, 2.05) is 12.2 Å². The van der Waals surface area contributed by atoms with E-state index in [9.17, 15) is 0 Å². The largest absolute Gasteiger partial charge is 2.00 e. The van der Waals surface area contributed by atoms with Crippen LogP contribution in [0.3, 0.4) is 0 Å². The smallest absolute Gasteiger partial charge is 1.00 e. The van der Waals surface area contributed by atoms with Crippen LogP contribution < -0.4 is 24.8 Å². The minimum Gasteiger partial charge on any atom is -1.00 e. The van der Waals surface area contributed by atoms with Crippen LogP contribution in [0.15, 0.2) is 78.9 Å². The normalized spacial score (nSPS) is 13.7. The SMILES string of the molecule is Cc1cc2c([cH-]1)C=CC=CC2.Cc1cc2c([cH-]1)C=CC=CC2.[C-]1=CC=CC1.[Cl-].[Cl-].[Zr+2]. The van der Waals surface area contributed by atoms with Gasteiger partial charge in [0.2, 0.25) is 0 Å². The van der Waals surface area contributed by atoms with Gasteiger partial charge in [0.1, 0.15) is 0 Å². The number of hydrogen-bond acceptors (Lipinski definition) is 0. The summed E-state index contributed by atoms with van der Waals surface area (Å²) in [6.45, 7) is 4.29. The molecular weight excluding hydrogens is 486 g/mol. The van der Waals surface area contributed by atoms with Crippen molar-refractivity contribution in [3.8, 4) is 0 Å². The minimum atomic E-state index is 0. The van der Waals surface area contributed by atoms with Crippen LogP contribution in [0.4, 0.5) is 0 Å². The Morgan fingerprint density at radius 2 is 1.20 bits per heavy atom. The summed E-state index contributed by atoms with van der Waals surface area (Å²) in [5.41, 5.74) is 8.41. The third-order valence-corrected chi connectivity index (χ3v) is 4.62. The van der Waals surface area contributed by atoms with Gasteiger partial charge < -0.3 is 24.8 Å². The van der Waals surface area contributed by atoms with Gasteiger partial charge in [0.25, 0.3) is 0 Å². The molecule has 0 unspecified atom stereocenters. The maximum Gasteiger partial charge on any atom is 2.00 e. The van der Waals surface area contributed by atoms with Crippen LogP contribution in [0.1, 0.15) is 39.8 Å². The molecule has 0 saturated carbocycles. The third kappa shape index (κ3) is 9.17. The Balaban J connectivity index is 0.000000424. The summed E-state index contributed by atoms with van der Waals surface area (Å²) >= 11 is 0. The average Bonchev–Trinajstić information content (AvgIpc) is 3.34. The van der Waals surface area contributed by atoms with E-state index in [4.69, 9.17) is 0 Å². The van der Waals surface area contributed by atoms with Gasteiger partial charge in [-0.1, -0.05) is 51.0 Å². The Hall–Kier alpha value is -1.40. The van der Waals surface area contributed by atoms with Crippen LogP contribution in [-0.2, 0) is 39.0 Å². The molecule has 0 fully saturated rings. The van der Waals surface area contributed by atoms with Crippen LogP contribution in [0.25, 0.3) is 12.2 Å². The molecule has 0 saturated heterocycles. The molecule has 0 spiro atoms. The Morgan fingerprint density at radius 3 is 1.57 bits per heavy atom. The molecule has 0 N–H and O–H groups in total. The second-order valence-electron chi connectivity index (χ2n) is 7.01. The maximum atomic E-state index is 2.99. The van der Waals surface area contributed by atoms with E-state index in [0.29, 0.717) is 0 Å². The molecule has 0 aromatic heterocycles. The predicted molar refractivity (Wildman–Crippen MR) is 119 cm³/mol. The van der Waals surface area contributed by atoms with Crippen LogP contribution in [-0.4, -0.2) is 0 Å². The van der Waals surface area contributed by atoms with Gasteiger partial charge in [-0.2, -0.15) is 40.5 Å². The summed E-state index contributed by atoms with van der Waals surface area (Å²) in [4.78, 5) is 0. The number of hydrogen-bond donors (Lipinski definition) is 0. The van der Waals surface area contributed by atoms with Crippen molar-refractivity contribution in [3.63, 3.8) is 0 Å². The topological polar surface area (TPSA) is 0 Å². The van der Waals surface area contributed by atoms with Gasteiger partial charge in [0.15, 0.2) is 0 Å². The van der Waals surface area contributed by atoms with Crippen molar-refractivity contribution in [2.24, 2.45) is 0 Å². The number of halogens is 2. The zero-order valence-electron chi connectivity index (χ0n) is 17.5. The zero-order chi connectivity index (χ0) is 18.9. The van der Waals surface area contributed by atoms with E-state index in [-0.39, 0.29) is 51.0 Å². The molecule has 30 heavy (non-hydrogen) atoms. The molecule has 2 aromatic rings. The number of aryl methyl sites for hydroxylation is 2. The Kier molecular flexibility index (Phi) is 14.7. The fourth-order valence-corrected chi connectivity index (χ4v) is 3.35. The van der Waals surface area contributed by atoms with Crippen molar-refractivity contribution < 1.29 is 51.0 Å². The Labute approximate surface area is 213 Å². The molecule has 3 aliphatic carbocycles. The van der Waals surface area contributed by atoms with E-state index in [0.717, 1.165) is 19.3 Å². The standard InChI is InChI=1S/2C11H11.C5H5.2ClH.Zr/c2*1-9-7-10-5-3-2-4-6-11(10)8-9;1-2-4-5-3-1;;;/h2*2-5,7-8H,6H2,1H3;1-3H,4H2;2*1H;/q3*-1;;;+2/p-2. The van der Waals surface area contributed by atoms with Crippen LogP contribution in [0.5, 0.6) is 0 Å². The van der Waals surface area contributed by atoms with E-state index < -0.39 is 0 Å². The molecule has 0 nitrogen and oxygen atoms in total. The maximum absolute atomic E-state index is 2.99. The summed E-state index contributed by atoms with van der Waals surface area (Å²) < 4.78 is 0. The summed E-state index contributed by atoms with van der Waals surface area (Å²) in [7, 11) is 0. The minimum absolute atomic E-state index is 0. The van der Waals surface area contributed by atoms with Crippen molar-refractivity contribution in [1.82, 2.24) is 0 Å². The molecule has 0 atom stereocenters. The van der Waals surface area contributed by atoms with Crippen molar-refractivity contribution in [3.05, 3.63) is 118 Å². The van der Waals surface area contributed by atoms with E-state index >= 15 is 0 Å². The van der Waals surface area contributed by atoms with Crippen LogP contribution in [0.2, 0.25) is 0 Å². The molecule has 3 heteroatoms. The summed E-state index contributed by atoms with van der Waals surface area (Å²) in [5, 5.41) is 0. The Bertz CT molecular complexity index is 854. The zero-order valence-corrected chi connectivity index (χ0v) is 21.5. The van der Waals surface area contributed by atoms with E-state index in [1.54, 1.807) is 0 Å². The van der Waals surface area contributed by atoms with Crippen molar-refractivity contribution >= 4 is 12.2 Å². The van der Waals surface area contributed by atoms with Crippen molar-refractivity contribution in [2.45, 2.75) is 33.1 Å². The Morgan fingerprint density at radius 1 is 0.700 bits per heavy atom. The molecule has 0 bridgehead atoms. The quantitative estimate of drug-likeness (QED) is 0.461. The van der Waals surface area contributed by atoms with Crippen LogP contribution in [0, 0.1) is 19.9 Å². The van der Waals surface area contributed by atoms with Gasteiger partial charge in [-0.25, -0.2) is 12.2 Å². The third-order valence-electron chi connectivity index (χ3n) is 4.62. The van der Waals surface area contributed by atoms with Gasteiger partial charge in [0.05, 0.1) is 0 Å². The first-order valence-electron chi connectivity index (χ1n) is 9.63. The van der Waals surface area contributed by atoms with Gasteiger partial charge in [-0.05, 0) is 0 Å². The molecule has 0 aliphatic heterocycles. The molecule has 5 rings (SSSR count). The number of rotatable bonds is 0. The number of fused-ring (bicyclic) bond motifs is 2. The van der Waals surface area contributed by atoms with E-state index in [1.165, 1.54) is 33.4 Å². The number of allylic oxidation sites excluding steroid dienone is 10. The average molecular weight is 514 g/mol. The molecular formula is C27H27Cl2Zr-3. The van der Waals surface area contributed by atoms with Gasteiger partial charge >= 0.3 is 26.2 Å². The fraction of sp³-hybridized carbons (Fsp3) is 0.185. The monoisotopic (exact) mass is 511 g/mol. The summed E-state index contributed by atoms with van der Waals surface area (Å²) in [6.07, 6.45) is 29.3.